The van der Waals surface area contributed by atoms with Crippen molar-refractivity contribution < 1.29 is 19.7 Å². The Balaban J connectivity index is 1.76. The van der Waals surface area contributed by atoms with Gasteiger partial charge in [0.05, 0.1) is 6.61 Å². The number of hydrogen-bond acceptors (Lipinski definition) is 4. The standard InChI is InChI=1S/C29H40O4/c1-3-4-5-6-7-8-9-10-11-12-23-33-28(32)21-22-29(2,24-13-17-26(30)18-14-24)25-15-19-27(31)20-16-25/h4-5,13-20,30-31H,3,6-12,21-23H2,1-2H3/b5-4+. The molecule has 0 saturated heterocycles. The first-order chi connectivity index (χ1) is 16.0. The fourth-order valence-corrected chi connectivity index (χ4v) is 4.08. The van der Waals surface area contributed by atoms with Gasteiger partial charge < -0.3 is 14.9 Å². The van der Waals surface area contributed by atoms with E-state index in [0.717, 1.165) is 30.4 Å². The Hall–Kier alpha value is -2.75. The Labute approximate surface area is 199 Å². The summed E-state index contributed by atoms with van der Waals surface area (Å²) in [5, 5.41) is 19.3. The third-order valence-electron chi connectivity index (χ3n) is 6.27. The van der Waals surface area contributed by atoms with Crippen molar-refractivity contribution in [3.63, 3.8) is 0 Å². The fourth-order valence-electron chi connectivity index (χ4n) is 4.08. The lowest BCUT2D eigenvalue weighted by molar-refractivity contribution is -0.144. The number of phenols is 2. The molecule has 2 aromatic rings. The van der Waals surface area contributed by atoms with Crippen LogP contribution in [0.5, 0.6) is 11.5 Å². The number of allylic oxidation sites excluding steroid dienone is 2. The molecule has 0 bridgehead atoms. The lowest BCUT2D eigenvalue weighted by Crippen LogP contribution is -2.25. The molecule has 0 aliphatic heterocycles. The number of rotatable bonds is 15. The van der Waals surface area contributed by atoms with Crippen molar-refractivity contribution >= 4 is 5.97 Å². The van der Waals surface area contributed by atoms with E-state index >= 15 is 0 Å². The molecule has 33 heavy (non-hydrogen) atoms. The van der Waals surface area contributed by atoms with Gasteiger partial charge in [-0.2, -0.15) is 0 Å². The van der Waals surface area contributed by atoms with Crippen LogP contribution in [0.15, 0.2) is 60.7 Å². The number of unbranched alkanes of at least 4 members (excludes halogenated alkanes) is 6. The van der Waals surface area contributed by atoms with Gasteiger partial charge in [-0.25, -0.2) is 0 Å². The quantitative estimate of drug-likeness (QED) is 0.168. The summed E-state index contributed by atoms with van der Waals surface area (Å²) in [5.74, 6) is 0.237. The summed E-state index contributed by atoms with van der Waals surface area (Å²) in [4.78, 5) is 12.4. The van der Waals surface area contributed by atoms with E-state index in [1.807, 2.05) is 24.3 Å². The monoisotopic (exact) mass is 452 g/mol. The number of ether oxygens (including phenoxy) is 1. The van der Waals surface area contributed by atoms with E-state index < -0.39 is 5.41 Å². The highest BCUT2D eigenvalue weighted by atomic mass is 16.5. The zero-order chi connectivity index (χ0) is 23.9. The molecule has 0 heterocycles. The summed E-state index contributed by atoms with van der Waals surface area (Å²) in [6.45, 7) is 4.72. The first kappa shape index (κ1) is 26.5. The summed E-state index contributed by atoms with van der Waals surface area (Å²) in [6.07, 6.45) is 14.6. The van der Waals surface area contributed by atoms with Gasteiger partial charge >= 0.3 is 5.97 Å². The molecule has 180 valence electrons. The fraction of sp³-hybridized carbons (Fsp3) is 0.483. The maximum Gasteiger partial charge on any atom is 0.305 e. The van der Waals surface area contributed by atoms with E-state index in [2.05, 4.69) is 26.0 Å². The first-order valence-electron chi connectivity index (χ1n) is 12.4. The van der Waals surface area contributed by atoms with Gasteiger partial charge in [0.25, 0.3) is 0 Å². The van der Waals surface area contributed by atoms with Crippen LogP contribution in [0.25, 0.3) is 0 Å². The van der Waals surface area contributed by atoms with Gasteiger partial charge in [-0.3, -0.25) is 4.79 Å². The molecule has 4 nitrogen and oxygen atoms in total. The van der Waals surface area contributed by atoms with E-state index in [0.29, 0.717) is 19.4 Å². The number of carbonyl (C=O) groups is 1. The smallest absolute Gasteiger partial charge is 0.305 e. The number of benzene rings is 2. The van der Waals surface area contributed by atoms with E-state index in [-0.39, 0.29) is 17.5 Å². The normalized spacial score (nSPS) is 11.7. The van der Waals surface area contributed by atoms with E-state index in [9.17, 15) is 15.0 Å². The van der Waals surface area contributed by atoms with Crippen molar-refractivity contribution in [1.29, 1.82) is 0 Å². The molecule has 0 spiro atoms. The molecule has 0 aliphatic rings. The summed E-state index contributed by atoms with van der Waals surface area (Å²) in [6, 6.07) is 14.2. The van der Waals surface area contributed by atoms with Gasteiger partial charge in [-0.1, -0.05) is 75.9 Å². The Morgan fingerprint density at radius 1 is 0.818 bits per heavy atom. The van der Waals surface area contributed by atoms with Crippen molar-refractivity contribution in [1.82, 2.24) is 0 Å². The average Bonchev–Trinajstić information content (AvgIpc) is 2.82. The van der Waals surface area contributed by atoms with E-state index in [1.54, 1.807) is 24.3 Å². The van der Waals surface area contributed by atoms with Crippen molar-refractivity contribution in [3.8, 4) is 11.5 Å². The third kappa shape index (κ3) is 9.33. The molecule has 0 radical (unpaired) electrons. The molecule has 0 saturated carbocycles. The Morgan fingerprint density at radius 3 is 1.88 bits per heavy atom. The third-order valence-corrected chi connectivity index (χ3v) is 6.27. The summed E-state index contributed by atoms with van der Waals surface area (Å²) < 4.78 is 5.49. The van der Waals surface area contributed by atoms with E-state index in [1.165, 1.54) is 32.1 Å². The maximum atomic E-state index is 12.4. The Kier molecular flexibility index (Phi) is 11.6. The minimum Gasteiger partial charge on any atom is -0.508 e. The zero-order valence-electron chi connectivity index (χ0n) is 20.3. The van der Waals surface area contributed by atoms with Gasteiger partial charge in [0, 0.05) is 11.8 Å². The van der Waals surface area contributed by atoms with Crippen molar-refractivity contribution in [2.75, 3.05) is 6.61 Å². The minimum atomic E-state index is -0.438. The number of hydrogen-bond donors (Lipinski definition) is 2. The van der Waals surface area contributed by atoms with Gasteiger partial charge in [0.2, 0.25) is 0 Å². The highest BCUT2D eigenvalue weighted by molar-refractivity contribution is 5.69. The summed E-state index contributed by atoms with van der Waals surface area (Å²) in [7, 11) is 0. The average molecular weight is 453 g/mol. The van der Waals surface area contributed by atoms with Gasteiger partial charge in [-0.05, 0) is 67.5 Å². The van der Waals surface area contributed by atoms with Crippen LogP contribution in [0.2, 0.25) is 0 Å². The molecule has 2 rings (SSSR count). The molecule has 0 aromatic heterocycles. The van der Waals surface area contributed by atoms with Crippen LogP contribution in [0.3, 0.4) is 0 Å². The molecule has 0 unspecified atom stereocenters. The molecule has 0 aliphatic carbocycles. The molecule has 2 aromatic carbocycles. The Morgan fingerprint density at radius 2 is 1.33 bits per heavy atom. The lowest BCUT2D eigenvalue weighted by Gasteiger charge is -2.31. The largest absolute Gasteiger partial charge is 0.508 e. The van der Waals surface area contributed by atoms with Crippen LogP contribution in [0.4, 0.5) is 0 Å². The topological polar surface area (TPSA) is 66.8 Å². The SMILES string of the molecule is CC/C=C/CCCCCCCCOC(=O)CCC(C)(c1ccc(O)cc1)c1ccc(O)cc1. The molecular formula is C29H40O4. The summed E-state index contributed by atoms with van der Waals surface area (Å²) in [5.41, 5.74) is 1.57. The second-order valence-corrected chi connectivity index (χ2v) is 8.94. The van der Waals surface area contributed by atoms with Crippen molar-refractivity contribution in [3.05, 3.63) is 71.8 Å². The highest BCUT2D eigenvalue weighted by Crippen LogP contribution is 2.37. The summed E-state index contributed by atoms with van der Waals surface area (Å²) >= 11 is 0. The molecule has 0 amide bonds. The predicted molar refractivity (Wildman–Crippen MR) is 135 cm³/mol. The van der Waals surface area contributed by atoms with Crippen LogP contribution in [0, 0.1) is 0 Å². The van der Waals surface area contributed by atoms with Crippen molar-refractivity contribution in [2.45, 2.75) is 83.5 Å². The van der Waals surface area contributed by atoms with Gasteiger partial charge in [0.1, 0.15) is 11.5 Å². The highest BCUT2D eigenvalue weighted by Gasteiger charge is 2.30. The van der Waals surface area contributed by atoms with Crippen LogP contribution < -0.4 is 0 Å². The van der Waals surface area contributed by atoms with Crippen molar-refractivity contribution in [2.24, 2.45) is 0 Å². The second-order valence-electron chi connectivity index (χ2n) is 8.94. The zero-order valence-corrected chi connectivity index (χ0v) is 20.3. The minimum absolute atomic E-state index is 0.179. The van der Waals surface area contributed by atoms with Gasteiger partial charge in [0.15, 0.2) is 0 Å². The molecule has 0 fully saturated rings. The molecule has 4 heteroatoms. The second kappa shape index (κ2) is 14.4. The first-order valence-corrected chi connectivity index (χ1v) is 12.4. The predicted octanol–water partition coefficient (Wildman–Crippen LogP) is 7.42. The lowest BCUT2D eigenvalue weighted by atomic mass is 9.73. The number of aromatic hydroxyl groups is 2. The van der Waals surface area contributed by atoms with Crippen LogP contribution in [-0.4, -0.2) is 22.8 Å². The van der Waals surface area contributed by atoms with Crippen LogP contribution in [-0.2, 0) is 14.9 Å². The maximum absolute atomic E-state index is 12.4. The Bertz CT molecular complexity index is 791. The number of carbonyl (C=O) groups excluding carboxylic acids is 1. The molecule has 0 atom stereocenters. The number of phenolic OH excluding ortho intramolecular Hbond substituents is 2. The molecule has 2 N–H and O–H groups in total. The number of esters is 1. The molecular weight excluding hydrogens is 412 g/mol. The van der Waals surface area contributed by atoms with Crippen LogP contribution >= 0.6 is 0 Å². The van der Waals surface area contributed by atoms with Gasteiger partial charge in [-0.15, -0.1) is 0 Å². The van der Waals surface area contributed by atoms with E-state index in [4.69, 9.17) is 4.74 Å². The van der Waals surface area contributed by atoms with Crippen LogP contribution in [0.1, 0.15) is 89.2 Å².